The molecule has 0 spiro atoms. The summed E-state index contributed by atoms with van der Waals surface area (Å²) in [6.45, 7) is 9.17. The average Bonchev–Trinajstić information content (AvgIpc) is 2.40. The smallest absolute Gasteiger partial charge is 0.260 e. The number of carbonyl (C=O) groups is 1. The minimum absolute atomic E-state index is 0.146. The molecule has 1 unspecified atom stereocenters. The third kappa shape index (κ3) is 5.39. The minimum atomic E-state index is -0.580. The quantitative estimate of drug-likeness (QED) is 0.813. The molecular weight excluding hydrogens is 276 g/mol. The Morgan fingerprint density at radius 3 is 2.75 bits per heavy atom. The third-order valence-corrected chi connectivity index (χ3v) is 3.21. The van der Waals surface area contributed by atoms with Crippen LogP contribution in [0.5, 0.6) is 5.75 Å². The molecule has 0 radical (unpaired) electrons. The second-order valence-corrected chi connectivity index (χ2v) is 5.31. The van der Waals surface area contributed by atoms with Crippen molar-refractivity contribution in [1.29, 1.82) is 0 Å². The summed E-state index contributed by atoms with van der Waals surface area (Å²) in [4.78, 5) is 11.9. The van der Waals surface area contributed by atoms with Crippen molar-refractivity contribution in [2.45, 2.75) is 39.8 Å². The Labute approximate surface area is 125 Å². The molecule has 0 aromatic heterocycles. The minimum Gasteiger partial charge on any atom is -0.479 e. The maximum Gasteiger partial charge on any atom is 0.260 e. The highest BCUT2D eigenvalue weighted by Gasteiger charge is 2.16. The predicted molar refractivity (Wildman–Crippen MR) is 82.4 cm³/mol. The maximum atomic E-state index is 11.9. The van der Waals surface area contributed by atoms with Crippen LogP contribution in [0.2, 0.25) is 5.02 Å². The number of halogens is 1. The molecule has 20 heavy (non-hydrogen) atoms. The van der Waals surface area contributed by atoms with Crippen molar-refractivity contribution < 1.29 is 9.53 Å². The Morgan fingerprint density at radius 2 is 2.10 bits per heavy atom. The third-order valence-electron chi connectivity index (χ3n) is 2.89. The Hall–Kier alpha value is -1.26. The second-order valence-electron chi connectivity index (χ2n) is 4.90. The molecule has 0 saturated carbocycles. The molecule has 1 aromatic carbocycles. The van der Waals surface area contributed by atoms with Gasteiger partial charge in [-0.2, -0.15) is 0 Å². The second kappa shape index (κ2) is 8.12. The number of rotatable bonds is 7. The van der Waals surface area contributed by atoms with Crippen molar-refractivity contribution in [1.82, 2.24) is 10.6 Å². The Bertz CT molecular complexity index is 451. The van der Waals surface area contributed by atoms with E-state index >= 15 is 0 Å². The van der Waals surface area contributed by atoms with Crippen molar-refractivity contribution in [2.24, 2.45) is 0 Å². The molecule has 4 nitrogen and oxygen atoms in total. The topological polar surface area (TPSA) is 50.4 Å². The summed E-state index contributed by atoms with van der Waals surface area (Å²) in [5.41, 5.74) is 1.04. The molecule has 0 bridgehead atoms. The van der Waals surface area contributed by atoms with Crippen LogP contribution in [0, 0.1) is 6.92 Å². The van der Waals surface area contributed by atoms with Crippen molar-refractivity contribution in [3.05, 3.63) is 28.8 Å². The van der Waals surface area contributed by atoms with E-state index in [2.05, 4.69) is 10.6 Å². The van der Waals surface area contributed by atoms with Crippen LogP contribution in [0.1, 0.15) is 26.3 Å². The largest absolute Gasteiger partial charge is 0.479 e. The van der Waals surface area contributed by atoms with E-state index in [-0.39, 0.29) is 11.9 Å². The molecule has 1 rings (SSSR count). The van der Waals surface area contributed by atoms with Crippen LogP contribution in [-0.4, -0.2) is 31.1 Å². The van der Waals surface area contributed by atoms with Crippen LogP contribution in [0.15, 0.2) is 18.2 Å². The van der Waals surface area contributed by atoms with Crippen molar-refractivity contribution in [3.63, 3.8) is 0 Å². The summed E-state index contributed by atoms with van der Waals surface area (Å²) in [6.07, 6.45) is -0.580. The number of amides is 1. The number of likely N-dealkylation sites (N-methyl/N-ethyl adjacent to an activating group) is 1. The lowest BCUT2D eigenvalue weighted by atomic mass is 10.2. The van der Waals surface area contributed by atoms with Gasteiger partial charge in [-0.15, -0.1) is 0 Å². The molecule has 2 atom stereocenters. The van der Waals surface area contributed by atoms with Crippen LogP contribution >= 0.6 is 11.6 Å². The molecule has 1 amide bonds. The average molecular weight is 299 g/mol. The van der Waals surface area contributed by atoms with Crippen LogP contribution in [0.4, 0.5) is 0 Å². The Kier molecular flexibility index (Phi) is 6.82. The summed E-state index contributed by atoms with van der Waals surface area (Å²) in [6, 6.07) is 5.73. The van der Waals surface area contributed by atoms with Gasteiger partial charge in [-0.05, 0) is 45.0 Å². The lowest BCUT2D eigenvalue weighted by molar-refractivity contribution is -0.127. The zero-order valence-electron chi connectivity index (χ0n) is 12.5. The molecule has 0 aliphatic carbocycles. The lowest BCUT2D eigenvalue weighted by Gasteiger charge is -2.18. The summed E-state index contributed by atoms with van der Waals surface area (Å²) in [7, 11) is 0. The monoisotopic (exact) mass is 298 g/mol. The van der Waals surface area contributed by atoms with Gasteiger partial charge >= 0.3 is 0 Å². The first-order valence-electron chi connectivity index (χ1n) is 6.88. The fourth-order valence-electron chi connectivity index (χ4n) is 1.76. The number of hydrogen-bond acceptors (Lipinski definition) is 3. The highest BCUT2D eigenvalue weighted by molar-refractivity contribution is 6.32. The van der Waals surface area contributed by atoms with E-state index in [0.29, 0.717) is 17.3 Å². The van der Waals surface area contributed by atoms with Crippen molar-refractivity contribution in [3.8, 4) is 5.75 Å². The molecule has 1 aromatic rings. The van der Waals surface area contributed by atoms with E-state index in [1.54, 1.807) is 13.0 Å². The number of aryl methyl sites for hydroxylation is 1. The van der Waals surface area contributed by atoms with E-state index in [1.165, 1.54) is 0 Å². The molecule has 0 heterocycles. The molecule has 0 aliphatic heterocycles. The molecule has 0 aliphatic rings. The molecule has 112 valence electrons. The zero-order chi connectivity index (χ0) is 15.1. The highest BCUT2D eigenvalue weighted by atomic mass is 35.5. The van der Waals surface area contributed by atoms with E-state index in [9.17, 15) is 4.79 Å². The predicted octanol–water partition coefficient (Wildman–Crippen LogP) is 2.53. The van der Waals surface area contributed by atoms with E-state index in [4.69, 9.17) is 16.3 Å². The summed E-state index contributed by atoms with van der Waals surface area (Å²) >= 11 is 6.05. The van der Waals surface area contributed by atoms with Gasteiger partial charge in [-0.3, -0.25) is 4.79 Å². The van der Waals surface area contributed by atoms with Gasteiger partial charge in [0.05, 0.1) is 5.02 Å². The molecular formula is C15H23ClN2O2. The first-order valence-corrected chi connectivity index (χ1v) is 7.25. The molecule has 0 saturated heterocycles. The highest BCUT2D eigenvalue weighted by Crippen LogP contribution is 2.26. The van der Waals surface area contributed by atoms with Gasteiger partial charge in [0.1, 0.15) is 5.75 Å². The maximum absolute atomic E-state index is 11.9. The van der Waals surface area contributed by atoms with Gasteiger partial charge in [0.25, 0.3) is 5.91 Å². The Balaban J connectivity index is 2.51. The van der Waals surface area contributed by atoms with Gasteiger partial charge in [0.15, 0.2) is 6.10 Å². The van der Waals surface area contributed by atoms with Crippen molar-refractivity contribution in [2.75, 3.05) is 13.1 Å². The first kappa shape index (κ1) is 16.8. The van der Waals surface area contributed by atoms with Crippen LogP contribution < -0.4 is 15.4 Å². The van der Waals surface area contributed by atoms with Gasteiger partial charge in [0, 0.05) is 12.6 Å². The van der Waals surface area contributed by atoms with E-state index in [1.807, 2.05) is 32.9 Å². The fraction of sp³-hybridized carbons (Fsp3) is 0.533. The summed E-state index contributed by atoms with van der Waals surface area (Å²) < 4.78 is 5.62. The van der Waals surface area contributed by atoms with Gasteiger partial charge in [-0.1, -0.05) is 24.6 Å². The number of hydrogen-bond donors (Lipinski definition) is 2. The van der Waals surface area contributed by atoms with Gasteiger partial charge in [-0.25, -0.2) is 0 Å². The summed E-state index contributed by atoms with van der Waals surface area (Å²) in [5.74, 6) is 0.390. The molecule has 5 heteroatoms. The lowest BCUT2D eigenvalue weighted by Crippen LogP contribution is -2.43. The fourth-order valence-corrected chi connectivity index (χ4v) is 1.93. The number of ether oxygens (including phenoxy) is 1. The zero-order valence-corrected chi connectivity index (χ0v) is 13.3. The Morgan fingerprint density at radius 1 is 1.40 bits per heavy atom. The first-order chi connectivity index (χ1) is 9.43. The standard InChI is InChI=1S/C15H23ClN2O2/c1-5-17-11(3)9-18-15(19)12(4)20-14-8-10(2)6-7-13(14)16/h6-8,11-12,17H,5,9H2,1-4H3,(H,18,19)/t11-,12?/m1/s1. The van der Waals surface area contributed by atoms with Crippen molar-refractivity contribution >= 4 is 17.5 Å². The number of nitrogens with one attached hydrogen (secondary N) is 2. The van der Waals surface area contributed by atoms with Gasteiger partial charge in [0.2, 0.25) is 0 Å². The number of carbonyl (C=O) groups excluding carboxylic acids is 1. The van der Waals surface area contributed by atoms with E-state index < -0.39 is 6.10 Å². The van der Waals surface area contributed by atoms with Crippen LogP contribution in [0.3, 0.4) is 0 Å². The number of benzene rings is 1. The van der Waals surface area contributed by atoms with Gasteiger partial charge < -0.3 is 15.4 Å². The molecule has 0 fully saturated rings. The van der Waals surface area contributed by atoms with E-state index in [0.717, 1.165) is 12.1 Å². The van der Waals surface area contributed by atoms with Crippen LogP contribution in [0.25, 0.3) is 0 Å². The summed E-state index contributed by atoms with van der Waals surface area (Å²) in [5, 5.41) is 6.59. The normalized spacial score (nSPS) is 13.7. The molecule has 2 N–H and O–H groups in total. The van der Waals surface area contributed by atoms with Crippen LogP contribution in [-0.2, 0) is 4.79 Å². The SMILES string of the molecule is CCN[C@H](C)CNC(=O)C(C)Oc1cc(C)ccc1Cl.